The van der Waals surface area contributed by atoms with Gasteiger partial charge < -0.3 is 5.32 Å². The maximum absolute atomic E-state index is 12.8. The molecule has 1 fully saturated rings. The third-order valence-electron chi connectivity index (χ3n) is 4.25. The number of halogens is 3. The molecule has 5 nitrogen and oxygen atoms in total. The molecule has 1 heterocycles. The maximum Gasteiger partial charge on any atom is 0.416 e. The van der Waals surface area contributed by atoms with E-state index in [1.165, 1.54) is 10.4 Å². The van der Waals surface area contributed by atoms with Crippen molar-refractivity contribution in [3.63, 3.8) is 0 Å². The fourth-order valence-corrected chi connectivity index (χ4v) is 4.47. The molecule has 0 saturated carbocycles. The lowest BCUT2D eigenvalue weighted by Crippen LogP contribution is -2.25. The fraction of sp³-hybridized carbons (Fsp3) is 0.278. The maximum atomic E-state index is 12.8. The van der Waals surface area contributed by atoms with Crippen molar-refractivity contribution in [3.05, 3.63) is 59.2 Å². The summed E-state index contributed by atoms with van der Waals surface area (Å²) in [6.07, 6.45) is -3.94. The van der Waals surface area contributed by atoms with Crippen LogP contribution in [-0.4, -0.2) is 20.7 Å². The molecule has 0 aromatic heterocycles. The summed E-state index contributed by atoms with van der Waals surface area (Å²) in [5.41, 5.74) is 0.594. The first kappa shape index (κ1) is 19.0. The lowest BCUT2D eigenvalue weighted by Gasteiger charge is -2.18. The number of nitrogens with one attached hydrogen (secondary N) is 1. The average molecular weight is 395 g/mol. The van der Waals surface area contributed by atoms with Gasteiger partial charge in [0.1, 0.15) is 6.07 Å². The van der Waals surface area contributed by atoms with Crippen molar-refractivity contribution < 1.29 is 21.6 Å². The van der Waals surface area contributed by atoms with E-state index in [0.29, 0.717) is 18.7 Å². The largest absolute Gasteiger partial charge is 0.416 e. The van der Waals surface area contributed by atoms with Crippen LogP contribution >= 0.6 is 0 Å². The van der Waals surface area contributed by atoms with E-state index >= 15 is 0 Å². The van der Waals surface area contributed by atoms with Gasteiger partial charge in [0.05, 0.1) is 28.3 Å². The van der Waals surface area contributed by atoms with Crippen LogP contribution in [0.2, 0.25) is 0 Å². The van der Waals surface area contributed by atoms with Gasteiger partial charge in [0.15, 0.2) is 0 Å². The van der Waals surface area contributed by atoms with Gasteiger partial charge in [0.2, 0.25) is 10.0 Å². The second-order valence-corrected chi connectivity index (χ2v) is 8.15. The zero-order valence-electron chi connectivity index (χ0n) is 14.1. The molecule has 0 atom stereocenters. The number of hydrogen-bond donors (Lipinski definition) is 1. The Hall–Kier alpha value is -2.73. The van der Waals surface area contributed by atoms with E-state index in [9.17, 15) is 21.6 Å². The third kappa shape index (κ3) is 4.17. The monoisotopic (exact) mass is 395 g/mol. The smallest absolute Gasteiger partial charge is 0.380 e. The molecule has 1 aliphatic rings. The molecule has 1 aliphatic heterocycles. The summed E-state index contributed by atoms with van der Waals surface area (Å²) < 4.78 is 63.7. The molecule has 2 aromatic rings. The Morgan fingerprint density at radius 3 is 2.59 bits per heavy atom. The number of nitrogens with zero attached hydrogens (tertiary/aromatic N) is 2. The minimum absolute atomic E-state index is 0.108. The van der Waals surface area contributed by atoms with Gasteiger partial charge in [-0.2, -0.15) is 18.4 Å². The van der Waals surface area contributed by atoms with Crippen LogP contribution in [0.25, 0.3) is 0 Å². The van der Waals surface area contributed by atoms with Crippen LogP contribution in [0.1, 0.15) is 23.1 Å². The molecular formula is C18H16F3N3O2S. The van der Waals surface area contributed by atoms with Gasteiger partial charge in [-0.25, -0.2) is 8.42 Å². The van der Waals surface area contributed by atoms with E-state index in [-0.39, 0.29) is 23.5 Å². The van der Waals surface area contributed by atoms with E-state index in [4.69, 9.17) is 5.26 Å². The standard InChI is InChI=1S/C18H16F3N3O2S/c19-18(20,21)15-5-6-17(14(10-15)11-22)23-12-13-3-1-4-16(9-13)24-7-2-8-27(24,25)26/h1,3-6,9-10,23H,2,7-8,12H2. The van der Waals surface area contributed by atoms with Gasteiger partial charge in [-0.1, -0.05) is 12.1 Å². The van der Waals surface area contributed by atoms with Crippen molar-refractivity contribution in [1.29, 1.82) is 5.26 Å². The molecule has 0 spiro atoms. The molecule has 0 amide bonds. The van der Waals surface area contributed by atoms with Crippen LogP contribution in [-0.2, 0) is 22.7 Å². The number of nitriles is 1. The highest BCUT2D eigenvalue weighted by Gasteiger charge is 2.31. The van der Waals surface area contributed by atoms with Crippen molar-refractivity contribution >= 4 is 21.4 Å². The Labute approximate surface area is 155 Å². The van der Waals surface area contributed by atoms with Gasteiger partial charge >= 0.3 is 6.18 Å². The summed E-state index contributed by atoms with van der Waals surface area (Å²) in [7, 11) is -3.29. The van der Waals surface area contributed by atoms with Crippen molar-refractivity contribution in [2.24, 2.45) is 0 Å². The first-order valence-corrected chi connectivity index (χ1v) is 9.76. The Balaban J connectivity index is 1.78. The van der Waals surface area contributed by atoms with Crippen molar-refractivity contribution in [2.75, 3.05) is 21.9 Å². The molecule has 1 saturated heterocycles. The van der Waals surface area contributed by atoms with Gasteiger partial charge in [0.25, 0.3) is 0 Å². The van der Waals surface area contributed by atoms with Crippen LogP contribution in [0, 0.1) is 11.3 Å². The minimum Gasteiger partial charge on any atom is -0.380 e. The van der Waals surface area contributed by atoms with Crippen LogP contribution in [0.4, 0.5) is 24.5 Å². The Bertz CT molecular complexity index is 998. The molecule has 9 heteroatoms. The Morgan fingerprint density at radius 1 is 1.19 bits per heavy atom. The Morgan fingerprint density at radius 2 is 1.96 bits per heavy atom. The topological polar surface area (TPSA) is 73.2 Å². The zero-order valence-corrected chi connectivity index (χ0v) is 14.9. The lowest BCUT2D eigenvalue weighted by atomic mass is 10.1. The van der Waals surface area contributed by atoms with Crippen molar-refractivity contribution in [3.8, 4) is 6.07 Å². The zero-order chi connectivity index (χ0) is 19.7. The fourth-order valence-electron chi connectivity index (χ4n) is 2.92. The minimum atomic E-state index is -4.51. The predicted molar refractivity (Wildman–Crippen MR) is 95.7 cm³/mol. The number of anilines is 2. The molecule has 27 heavy (non-hydrogen) atoms. The summed E-state index contributed by atoms with van der Waals surface area (Å²) >= 11 is 0. The van der Waals surface area contributed by atoms with Crippen LogP contribution < -0.4 is 9.62 Å². The second-order valence-electron chi connectivity index (χ2n) is 6.14. The second kappa shape index (κ2) is 7.12. The number of rotatable bonds is 4. The highest BCUT2D eigenvalue weighted by atomic mass is 32.2. The van der Waals surface area contributed by atoms with Crippen LogP contribution in [0.15, 0.2) is 42.5 Å². The highest BCUT2D eigenvalue weighted by molar-refractivity contribution is 7.93. The van der Waals surface area contributed by atoms with Gasteiger partial charge in [-0.05, 0) is 42.3 Å². The van der Waals surface area contributed by atoms with Gasteiger partial charge in [-0.3, -0.25) is 4.31 Å². The first-order chi connectivity index (χ1) is 12.7. The van der Waals surface area contributed by atoms with E-state index in [2.05, 4.69) is 5.32 Å². The predicted octanol–water partition coefficient (Wildman–Crippen LogP) is 3.73. The van der Waals surface area contributed by atoms with Gasteiger partial charge in [0, 0.05) is 13.1 Å². The summed E-state index contributed by atoms with van der Waals surface area (Å²) in [6.45, 7) is 0.665. The van der Waals surface area contributed by atoms with Crippen molar-refractivity contribution in [1.82, 2.24) is 0 Å². The summed E-state index contributed by atoms with van der Waals surface area (Å²) in [4.78, 5) is 0. The van der Waals surface area contributed by atoms with E-state index in [1.54, 1.807) is 30.3 Å². The molecule has 2 aromatic carbocycles. The molecular weight excluding hydrogens is 379 g/mol. The molecule has 1 N–H and O–H groups in total. The van der Waals surface area contributed by atoms with E-state index in [0.717, 1.165) is 17.7 Å². The first-order valence-electron chi connectivity index (χ1n) is 8.15. The number of alkyl halides is 3. The lowest BCUT2D eigenvalue weighted by molar-refractivity contribution is -0.137. The molecule has 3 rings (SSSR count). The summed E-state index contributed by atoms with van der Waals surface area (Å²) in [5.74, 6) is 0.118. The number of sulfonamides is 1. The SMILES string of the molecule is N#Cc1cc(C(F)(F)F)ccc1NCc1cccc(N2CCCS2(=O)=O)c1. The summed E-state index contributed by atoms with van der Waals surface area (Å²) in [6, 6.07) is 11.6. The van der Waals surface area contributed by atoms with E-state index < -0.39 is 21.8 Å². The molecule has 0 aliphatic carbocycles. The highest BCUT2D eigenvalue weighted by Crippen LogP contribution is 2.32. The number of hydrogen-bond acceptors (Lipinski definition) is 4. The Kier molecular flexibility index (Phi) is 5.02. The number of benzene rings is 2. The normalized spacial score (nSPS) is 16.1. The summed E-state index contributed by atoms with van der Waals surface area (Å²) in [5, 5.41) is 12.1. The van der Waals surface area contributed by atoms with Crippen molar-refractivity contribution in [2.45, 2.75) is 19.1 Å². The molecule has 0 radical (unpaired) electrons. The van der Waals surface area contributed by atoms with Crippen LogP contribution in [0.3, 0.4) is 0 Å². The molecule has 142 valence electrons. The molecule has 0 bridgehead atoms. The van der Waals surface area contributed by atoms with Crippen LogP contribution in [0.5, 0.6) is 0 Å². The quantitative estimate of drug-likeness (QED) is 0.856. The average Bonchev–Trinajstić information content (AvgIpc) is 2.98. The molecule has 0 unspecified atom stereocenters. The van der Waals surface area contributed by atoms with E-state index in [1.807, 2.05) is 0 Å². The third-order valence-corrected chi connectivity index (χ3v) is 6.12. The van der Waals surface area contributed by atoms with Gasteiger partial charge in [-0.15, -0.1) is 0 Å².